The van der Waals surface area contributed by atoms with Crippen LogP contribution in [0.2, 0.25) is 0 Å². The minimum absolute atomic E-state index is 0.0149. The average Bonchev–Trinajstić information content (AvgIpc) is 2.50. The molecular weight excluding hydrogens is 178 g/mol. The first-order valence-corrected chi connectivity index (χ1v) is 4.66. The molecule has 0 radical (unpaired) electrons. The van der Waals surface area contributed by atoms with E-state index in [1.54, 1.807) is 0 Å². The molecule has 1 aliphatic heterocycles. The van der Waals surface area contributed by atoms with Gasteiger partial charge in [0.15, 0.2) is 0 Å². The van der Waals surface area contributed by atoms with Gasteiger partial charge in [0.05, 0.1) is 6.04 Å². The third kappa shape index (κ3) is 1.71. The molecule has 1 aliphatic rings. The standard InChI is InChI=1S/C11H13NO2/c1-7-3-8(2)5-9(4-7)10-6-14-11(13)12-10/h3-5,10H,6H2,1-2H3,(H,12,13). The molecule has 1 aromatic rings. The summed E-state index contributed by atoms with van der Waals surface area (Å²) in [7, 11) is 0. The fourth-order valence-corrected chi connectivity index (χ4v) is 1.78. The summed E-state index contributed by atoms with van der Waals surface area (Å²) in [6.07, 6.45) is -0.325. The topological polar surface area (TPSA) is 38.3 Å². The Morgan fingerprint density at radius 1 is 1.29 bits per heavy atom. The van der Waals surface area contributed by atoms with E-state index in [9.17, 15) is 4.79 Å². The summed E-state index contributed by atoms with van der Waals surface area (Å²) in [5.74, 6) is 0. The molecule has 0 aliphatic carbocycles. The second-order valence-electron chi connectivity index (χ2n) is 3.72. The molecule has 0 spiro atoms. The third-order valence-electron chi connectivity index (χ3n) is 2.32. The van der Waals surface area contributed by atoms with Crippen LogP contribution in [0.25, 0.3) is 0 Å². The zero-order valence-electron chi connectivity index (χ0n) is 8.33. The van der Waals surface area contributed by atoms with Gasteiger partial charge < -0.3 is 10.1 Å². The zero-order valence-corrected chi connectivity index (χ0v) is 8.33. The number of hydrogen-bond donors (Lipinski definition) is 1. The van der Waals surface area contributed by atoms with E-state index in [1.807, 2.05) is 13.8 Å². The van der Waals surface area contributed by atoms with Crippen molar-refractivity contribution in [2.75, 3.05) is 6.61 Å². The minimum Gasteiger partial charge on any atom is -0.447 e. The fraction of sp³-hybridized carbons (Fsp3) is 0.364. The number of aryl methyl sites for hydroxylation is 2. The summed E-state index contributed by atoms with van der Waals surface area (Å²) in [5.41, 5.74) is 3.54. The number of carbonyl (C=O) groups is 1. The lowest BCUT2D eigenvalue weighted by molar-refractivity contribution is 0.177. The molecule has 1 amide bonds. The molecule has 3 nitrogen and oxygen atoms in total. The number of rotatable bonds is 1. The van der Waals surface area contributed by atoms with Crippen LogP contribution >= 0.6 is 0 Å². The smallest absolute Gasteiger partial charge is 0.407 e. The summed E-state index contributed by atoms with van der Waals surface area (Å²) >= 11 is 0. The molecule has 1 aromatic carbocycles. The van der Waals surface area contributed by atoms with Gasteiger partial charge in [0.2, 0.25) is 0 Å². The Hall–Kier alpha value is -1.51. The van der Waals surface area contributed by atoms with E-state index in [1.165, 1.54) is 11.1 Å². The van der Waals surface area contributed by atoms with Crippen LogP contribution in [-0.2, 0) is 4.74 Å². The molecule has 0 saturated carbocycles. The number of carbonyl (C=O) groups excluding carboxylic acids is 1. The normalized spacial score (nSPS) is 20.4. The predicted molar refractivity (Wildman–Crippen MR) is 53.1 cm³/mol. The summed E-state index contributed by atoms with van der Waals surface area (Å²) in [6, 6.07) is 6.28. The van der Waals surface area contributed by atoms with E-state index in [4.69, 9.17) is 4.74 Å². The van der Waals surface area contributed by atoms with Crippen LogP contribution in [0.4, 0.5) is 4.79 Å². The Bertz CT molecular complexity index is 353. The monoisotopic (exact) mass is 191 g/mol. The maximum absolute atomic E-state index is 10.9. The van der Waals surface area contributed by atoms with Gasteiger partial charge in [-0.2, -0.15) is 0 Å². The highest BCUT2D eigenvalue weighted by Crippen LogP contribution is 2.20. The summed E-state index contributed by atoms with van der Waals surface area (Å²) in [6.45, 7) is 4.53. The Kier molecular flexibility index (Phi) is 2.15. The first-order chi connectivity index (χ1) is 6.65. The van der Waals surface area contributed by atoms with Crippen LogP contribution in [0.3, 0.4) is 0 Å². The molecule has 14 heavy (non-hydrogen) atoms. The maximum atomic E-state index is 10.9. The molecule has 1 fully saturated rings. The predicted octanol–water partition coefficient (Wildman–Crippen LogP) is 2.08. The molecule has 1 heterocycles. The van der Waals surface area contributed by atoms with Gasteiger partial charge in [-0.3, -0.25) is 0 Å². The number of amides is 1. The van der Waals surface area contributed by atoms with Crippen LogP contribution in [0.1, 0.15) is 22.7 Å². The lowest BCUT2D eigenvalue weighted by atomic mass is 10.0. The first-order valence-electron chi connectivity index (χ1n) is 4.66. The highest BCUT2D eigenvalue weighted by Gasteiger charge is 2.23. The number of nitrogens with one attached hydrogen (secondary N) is 1. The second kappa shape index (κ2) is 3.33. The van der Waals surface area contributed by atoms with E-state index in [0.717, 1.165) is 5.56 Å². The lowest BCUT2D eigenvalue weighted by Crippen LogP contribution is -2.18. The van der Waals surface area contributed by atoms with Crippen LogP contribution in [-0.4, -0.2) is 12.7 Å². The summed E-state index contributed by atoms with van der Waals surface area (Å²) < 4.78 is 4.85. The van der Waals surface area contributed by atoms with Crippen LogP contribution < -0.4 is 5.32 Å². The molecule has 2 rings (SSSR count). The van der Waals surface area contributed by atoms with Crippen molar-refractivity contribution in [2.45, 2.75) is 19.9 Å². The molecule has 3 heteroatoms. The molecule has 0 aromatic heterocycles. The van der Waals surface area contributed by atoms with Crippen molar-refractivity contribution < 1.29 is 9.53 Å². The van der Waals surface area contributed by atoms with Gasteiger partial charge in [0.1, 0.15) is 6.61 Å². The highest BCUT2D eigenvalue weighted by molar-refractivity contribution is 5.70. The van der Waals surface area contributed by atoms with Gasteiger partial charge in [0.25, 0.3) is 0 Å². The van der Waals surface area contributed by atoms with Crippen molar-refractivity contribution in [3.05, 3.63) is 34.9 Å². The van der Waals surface area contributed by atoms with E-state index in [-0.39, 0.29) is 12.1 Å². The highest BCUT2D eigenvalue weighted by atomic mass is 16.6. The van der Waals surface area contributed by atoms with Gasteiger partial charge in [-0.1, -0.05) is 29.3 Å². The van der Waals surface area contributed by atoms with E-state index < -0.39 is 0 Å². The molecule has 1 unspecified atom stereocenters. The van der Waals surface area contributed by atoms with Crippen molar-refractivity contribution in [3.8, 4) is 0 Å². The van der Waals surface area contributed by atoms with Gasteiger partial charge in [-0.05, 0) is 19.4 Å². The number of benzene rings is 1. The third-order valence-corrected chi connectivity index (χ3v) is 2.32. The molecule has 1 N–H and O–H groups in total. The van der Waals surface area contributed by atoms with Crippen LogP contribution in [0.15, 0.2) is 18.2 Å². The molecule has 0 bridgehead atoms. The van der Waals surface area contributed by atoms with Crippen molar-refractivity contribution in [1.82, 2.24) is 5.32 Å². The van der Waals surface area contributed by atoms with Crippen LogP contribution in [0, 0.1) is 13.8 Å². The van der Waals surface area contributed by atoms with Crippen molar-refractivity contribution in [3.63, 3.8) is 0 Å². The Labute approximate surface area is 83.1 Å². The van der Waals surface area contributed by atoms with Gasteiger partial charge in [-0.25, -0.2) is 4.79 Å². The average molecular weight is 191 g/mol. The largest absolute Gasteiger partial charge is 0.447 e. The second-order valence-corrected chi connectivity index (χ2v) is 3.72. The summed E-state index contributed by atoms with van der Waals surface area (Å²) in [5, 5.41) is 2.76. The van der Waals surface area contributed by atoms with E-state index in [2.05, 4.69) is 23.5 Å². The zero-order chi connectivity index (χ0) is 10.1. The lowest BCUT2D eigenvalue weighted by Gasteiger charge is -2.09. The Morgan fingerprint density at radius 2 is 1.93 bits per heavy atom. The SMILES string of the molecule is Cc1cc(C)cc(C2COC(=O)N2)c1. The van der Waals surface area contributed by atoms with Crippen LogP contribution in [0.5, 0.6) is 0 Å². The van der Waals surface area contributed by atoms with Crippen molar-refractivity contribution in [1.29, 1.82) is 0 Å². The Morgan fingerprint density at radius 3 is 2.43 bits per heavy atom. The number of hydrogen-bond acceptors (Lipinski definition) is 2. The molecular formula is C11H13NO2. The van der Waals surface area contributed by atoms with Crippen molar-refractivity contribution >= 4 is 6.09 Å². The Balaban J connectivity index is 2.27. The molecule has 1 saturated heterocycles. The number of alkyl carbamates (subject to hydrolysis) is 1. The number of cyclic esters (lactones) is 1. The van der Waals surface area contributed by atoms with Gasteiger partial charge in [-0.15, -0.1) is 0 Å². The minimum atomic E-state index is -0.325. The van der Waals surface area contributed by atoms with E-state index in [0.29, 0.717) is 6.61 Å². The maximum Gasteiger partial charge on any atom is 0.407 e. The summed E-state index contributed by atoms with van der Waals surface area (Å²) in [4.78, 5) is 10.9. The molecule has 74 valence electrons. The first kappa shape index (κ1) is 9.06. The number of ether oxygens (including phenoxy) is 1. The quantitative estimate of drug-likeness (QED) is 0.738. The van der Waals surface area contributed by atoms with Crippen molar-refractivity contribution in [2.24, 2.45) is 0 Å². The fourth-order valence-electron chi connectivity index (χ4n) is 1.78. The van der Waals surface area contributed by atoms with E-state index >= 15 is 0 Å². The van der Waals surface area contributed by atoms with Gasteiger partial charge in [0, 0.05) is 0 Å². The molecule has 1 atom stereocenters. The van der Waals surface area contributed by atoms with Gasteiger partial charge >= 0.3 is 6.09 Å².